The van der Waals surface area contributed by atoms with Gasteiger partial charge in [0.1, 0.15) is 10.9 Å². The molecule has 0 aliphatic rings. The van der Waals surface area contributed by atoms with E-state index in [1.54, 1.807) is 24.3 Å². The van der Waals surface area contributed by atoms with Crippen LogP contribution in [0.4, 0.5) is 0 Å². The van der Waals surface area contributed by atoms with Crippen molar-refractivity contribution in [2.45, 2.75) is 15.8 Å². The smallest absolute Gasteiger partial charge is 0.124 e. The average Bonchev–Trinajstić information content (AvgIpc) is 2.60. The van der Waals surface area contributed by atoms with Gasteiger partial charge in [-0.25, -0.2) is 0 Å². The molecule has 1 aromatic heterocycles. The second-order valence-electron chi connectivity index (χ2n) is 4.94. The van der Waals surface area contributed by atoms with Crippen LogP contribution in [0.15, 0.2) is 70.6 Å². The van der Waals surface area contributed by atoms with E-state index in [0.29, 0.717) is 21.3 Å². The number of benzene rings is 2. The standard InChI is InChI=1S/C18H11Cl2N3S/c19-12-6-7-14(16(20)10-12)15(11-21)17-8-9-18(23-22-17)24-13-4-2-1-3-5-13/h1-10,15H. The van der Waals surface area contributed by atoms with Gasteiger partial charge < -0.3 is 0 Å². The van der Waals surface area contributed by atoms with Crippen molar-refractivity contribution < 1.29 is 0 Å². The van der Waals surface area contributed by atoms with E-state index in [-0.39, 0.29) is 0 Å². The van der Waals surface area contributed by atoms with Gasteiger partial charge in [-0.05, 0) is 42.0 Å². The highest BCUT2D eigenvalue weighted by atomic mass is 35.5. The summed E-state index contributed by atoms with van der Waals surface area (Å²) < 4.78 is 0. The Balaban J connectivity index is 1.84. The molecular formula is C18H11Cl2N3S. The van der Waals surface area contributed by atoms with Crippen molar-refractivity contribution in [1.82, 2.24) is 10.2 Å². The summed E-state index contributed by atoms with van der Waals surface area (Å²) in [6.45, 7) is 0. The maximum absolute atomic E-state index is 9.52. The molecule has 118 valence electrons. The summed E-state index contributed by atoms with van der Waals surface area (Å²) in [5.74, 6) is -0.585. The van der Waals surface area contributed by atoms with Crippen LogP contribution in [0.2, 0.25) is 10.0 Å². The van der Waals surface area contributed by atoms with E-state index < -0.39 is 5.92 Å². The van der Waals surface area contributed by atoms with Crippen LogP contribution < -0.4 is 0 Å². The van der Waals surface area contributed by atoms with Crippen LogP contribution in [0.3, 0.4) is 0 Å². The first-order valence-electron chi connectivity index (χ1n) is 7.08. The molecule has 3 nitrogen and oxygen atoms in total. The minimum absolute atomic E-state index is 0.443. The Labute approximate surface area is 154 Å². The van der Waals surface area contributed by atoms with Gasteiger partial charge in [0.25, 0.3) is 0 Å². The van der Waals surface area contributed by atoms with Gasteiger partial charge in [-0.2, -0.15) is 10.4 Å². The zero-order chi connectivity index (χ0) is 16.9. The minimum Gasteiger partial charge on any atom is -0.197 e. The third-order valence-electron chi connectivity index (χ3n) is 3.32. The van der Waals surface area contributed by atoms with Crippen LogP contribution in [0.5, 0.6) is 0 Å². The molecular weight excluding hydrogens is 361 g/mol. The van der Waals surface area contributed by atoms with Gasteiger partial charge in [0, 0.05) is 14.9 Å². The van der Waals surface area contributed by atoms with Crippen LogP contribution in [-0.4, -0.2) is 10.2 Å². The fourth-order valence-electron chi connectivity index (χ4n) is 2.18. The molecule has 1 atom stereocenters. The molecule has 24 heavy (non-hydrogen) atoms. The van der Waals surface area contributed by atoms with Crippen molar-refractivity contribution in [3.63, 3.8) is 0 Å². The number of nitriles is 1. The molecule has 3 aromatic rings. The Kier molecular flexibility index (Phi) is 5.37. The van der Waals surface area contributed by atoms with Crippen LogP contribution >= 0.6 is 35.0 Å². The third kappa shape index (κ3) is 3.88. The molecule has 6 heteroatoms. The van der Waals surface area contributed by atoms with Crippen molar-refractivity contribution in [2.24, 2.45) is 0 Å². The summed E-state index contributed by atoms with van der Waals surface area (Å²) in [5, 5.41) is 19.7. The second kappa shape index (κ2) is 7.67. The van der Waals surface area contributed by atoms with E-state index in [1.807, 2.05) is 36.4 Å². The first-order chi connectivity index (χ1) is 11.7. The van der Waals surface area contributed by atoms with Gasteiger partial charge in [0.05, 0.1) is 11.8 Å². The van der Waals surface area contributed by atoms with Gasteiger partial charge in [-0.1, -0.05) is 59.2 Å². The highest BCUT2D eigenvalue weighted by Crippen LogP contribution is 2.32. The monoisotopic (exact) mass is 371 g/mol. The van der Waals surface area contributed by atoms with Crippen molar-refractivity contribution in [1.29, 1.82) is 5.26 Å². The van der Waals surface area contributed by atoms with Gasteiger partial charge >= 0.3 is 0 Å². The van der Waals surface area contributed by atoms with Crippen LogP contribution in [0.1, 0.15) is 17.2 Å². The van der Waals surface area contributed by atoms with Crippen molar-refractivity contribution >= 4 is 35.0 Å². The highest BCUT2D eigenvalue weighted by molar-refractivity contribution is 7.99. The lowest BCUT2D eigenvalue weighted by molar-refractivity contribution is 0.837. The van der Waals surface area contributed by atoms with Crippen molar-refractivity contribution in [3.05, 3.63) is 82.0 Å². The number of hydrogen-bond donors (Lipinski definition) is 0. The quantitative estimate of drug-likeness (QED) is 0.599. The van der Waals surface area contributed by atoms with Gasteiger partial charge in [0.15, 0.2) is 0 Å². The summed E-state index contributed by atoms with van der Waals surface area (Å²) in [4.78, 5) is 1.08. The molecule has 0 spiro atoms. The van der Waals surface area contributed by atoms with E-state index in [1.165, 1.54) is 11.8 Å². The molecule has 0 radical (unpaired) electrons. The third-order valence-corrected chi connectivity index (χ3v) is 4.82. The molecule has 3 rings (SSSR count). The lowest BCUT2D eigenvalue weighted by atomic mass is 9.97. The summed E-state index contributed by atoms with van der Waals surface area (Å²) in [6, 6.07) is 20.9. The summed E-state index contributed by atoms with van der Waals surface area (Å²) in [5.41, 5.74) is 1.22. The van der Waals surface area contributed by atoms with E-state index in [2.05, 4.69) is 16.3 Å². The molecule has 0 saturated carbocycles. The zero-order valence-corrected chi connectivity index (χ0v) is 14.7. The number of halogens is 2. The Morgan fingerprint density at radius 3 is 2.38 bits per heavy atom. The number of nitrogens with zero attached hydrogens (tertiary/aromatic N) is 3. The SMILES string of the molecule is N#CC(c1ccc(Sc2ccccc2)nn1)c1ccc(Cl)cc1Cl. The van der Waals surface area contributed by atoms with Crippen LogP contribution in [0, 0.1) is 11.3 Å². The van der Waals surface area contributed by atoms with Gasteiger partial charge in [-0.15, -0.1) is 5.10 Å². The molecule has 2 aromatic carbocycles. The lowest BCUT2D eigenvalue weighted by Crippen LogP contribution is -2.03. The van der Waals surface area contributed by atoms with E-state index >= 15 is 0 Å². The number of hydrogen-bond acceptors (Lipinski definition) is 4. The van der Waals surface area contributed by atoms with E-state index in [9.17, 15) is 5.26 Å². The van der Waals surface area contributed by atoms with Crippen LogP contribution in [-0.2, 0) is 0 Å². The van der Waals surface area contributed by atoms with Crippen molar-refractivity contribution in [3.8, 4) is 6.07 Å². The predicted octanol–water partition coefficient (Wildman–Crippen LogP) is 5.59. The van der Waals surface area contributed by atoms with Gasteiger partial charge in [0.2, 0.25) is 0 Å². The molecule has 0 fully saturated rings. The Morgan fingerprint density at radius 2 is 1.75 bits per heavy atom. The molecule has 0 aliphatic carbocycles. The fraction of sp³-hybridized carbons (Fsp3) is 0.0556. The fourth-order valence-corrected chi connectivity index (χ4v) is 3.45. The largest absolute Gasteiger partial charge is 0.197 e. The summed E-state index contributed by atoms with van der Waals surface area (Å²) in [7, 11) is 0. The number of rotatable bonds is 4. The maximum Gasteiger partial charge on any atom is 0.124 e. The first kappa shape index (κ1) is 16.8. The molecule has 1 unspecified atom stereocenters. The van der Waals surface area contributed by atoms with Crippen LogP contribution in [0.25, 0.3) is 0 Å². The molecule has 0 aliphatic heterocycles. The summed E-state index contributed by atoms with van der Waals surface area (Å²) >= 11 is 13.6. The maximum atomic E-state index is 9.52. The second-order valence-corrected chi connectivity index (χ2v) is 6.88. The van der Waals surface area contributed by atoms with E-state index in [0.717, 1.165) is 9.92 Å². The predicted molar refractivity (Wildman–Crippen MR) is 96.5 cm³/mol. The zero-order valence-electron chi connectivity index (χ0n) is 12.4. The minimum atomic E-state index is -0.585. The Hall–Kier alpha value is -2.06. The Morgan fingerprint density at radius 1 is 0.958 bits per heavy atom. The number of aromatic nitrogens is 2. The lowest BCUT2D eigenvalue weighted by Gasteiger charge is -2.11. The molecule has 0 amide bonds. The van der Waals surface area contributed by atoms with E-state index in [4.69, 9.17) is 23.2 Å². The summed E-state index contributed by atoms with van der Waals surface area (Å²) in [6.07, 6.45) is 0. The normalized spacial score (nSPS) is 11.7. The van der Waals surface area contributed by atoms with Gasteiger partial charge in [-0.3, -0.25) is 0 Å². The Bertz CT molecular complexity index is 877. The first-order valence-corrected chi connectivity index (χ1v) is 8.65. The average molecular weight is 372 g/mol. The molecule has 1 heterocycles. The molecule has 0 N–H and O–H groups in total. The molecule has 0 bridgehead atoms. The topological polar surface area (TPSA) is 49.6 Å². The highest BCUT2D eigenvalue weighted by Gasteiger charge is 2.19. The van der Waals surface area contributed by atoms with Crippen molar-refractivity contribution in [2.75, 3.05) is 0 Å². The molecule has 0 saturated heterocycles.